The molecule has 0 aromatic carbocycles. The highest BCUT2D eigenvalue weighted by Crippen LogP contribution is 2.20. The summed E-state index contributed by atoms with van der Waals surface area (Å²) in [5, 5.41) is 2.42. The first-order valence-electron chi connectivity index (χ1n) is 4.82. The van der Waals surface area contributed by atoms with Crippen LogP contribution in [0.5, 0.6) is 0 Å². The number of thiocarbonyl (C=S) groups is 1. The number of furan rings is 1. The fourth-order valence-electron chi connectivity index (χ4n) is 0.707. The molecule has 5 heteroatoms. The molecular formula is C11H15NO2S2. The molecule has 1 amide bonds. The van der Waals surface area contributed by atoms with Crippen molar-refractivity contribution in [1.29, 1.82) is 0 Å². The lowest BCUT2D eigenvalue weighted by Gasteiger charge is -1.81. The van der Waals surface area contributed by atoms with E-state index in [0.717, 1.165) is 5.76 Å². The van der Waals surface area contributed by atoms with E-state index >= 15 is 0 Å². The molecule has 16 heavy (non-hydrogen) atoms. The van der Waals surface area contributed by atoms with Gasteiger partial charge in [-0.1, -0.05) is 44.4 Å². The number of nitrogens with one attached hydrogen (secondary N) is 1. The highest BCUT2D eigenvalue weighted by molar-refractivity contribution is 8.26. The predicted molar refractivity (Wildman–Crippen MR) is 72.3 cm³/mol. The minimum Gasteiger partial charge on any atom is -0.470 e. The van der Waals surface area contributed by atoms with Crippen LogP contribution in [-0.2, 0) is 4.79 Å². The molecule has 2 heterocycles. The van der Waals surface area contributed by atoms with Gasteiger partial charge in [-0.25, -0.2) is 0 Å². The summed E-state index contributed by atoms with van der Waals surface area (Å²) in [6.07, 6.45) is 1.66. The normalized spacial score (nSPS) is 13.3. The molecule has 1 N–H and O–H groups in total. The van der Waals surface area contributed by atoms with Crippen LogP contribution in [0.2, 0.25) is 0 Å². The highest BCUT2D eigenvalue weighted by Gasteiger charge is 2.18. The Kier molecular flexibility index (Phi) is 7.58. The molecule has 0 radical (unpaired) electrons. The van der Waals surface area contributed by atoms with Crippen LogP contribution in [0, 0.1) is 6.92 Å². The van der Waals surface area contributed by atoms with Crippen molar-refractivity contribution in [2.24, 2.45) is 0 Å². The van der Waals surface area contributed by atoms with Crippen LogP contribution >= 0.6 is 24.0 Å². The summed E-state index contributed by atoms with van der Waals surface area (Å²) in [4.78, 5) is 10.9. The first-order valence-corrected chi connectivity index (χ1v) is 6.04. The quantitative estimate of drug-likeness (QED) is 0.572. The topological polar surface area (TPSA) is 42.2 Å². The van der Waals surface area contributed by atoms with Gasteiger partial charge in [-0.05, 0) is 19.1 Å². The Morgan fingerprint density at radius 2 is 2.12 bits per heavy atom. The fourth-order valence-corrected chi connectivity index (χ4v) is 1.61. The number of carbonyl (C=O) groups is 1. The Balaban J connectivity index is 0.000000251. The van der Waals surface area contributed by atoms with E-state index in [1.807, 2.05) is 32.9 Å². The molecule has 1 fully saturated rings. The monoisotopic (exact) mass is 257 g/mol. The molecule has 0 aliphatic carbocycles. The summed E-state index contributed by atoms with van der Waals surface area (Å²) in [5.74, 6) is 0.801. The summed E-state index contributed by atoms with van der Waals surface area (Å²) in [6, 6.07) is 3.79. The molecule has 1 aromatic rings. The van der Waals surface area contributed by atoms with Gasteiger partial charge in [-0.3, -0.25) is 4.79 Å². The summed E-state index contributed by atoms with van der Waals surface area (Å²) < 4.78 is 5.33. The maximum atomic E-state index is 10.5. The minimum absolute atomic E-state index is 0.167. The standard InChI is InChI=1S/C5H6O.C4H3NOS2.C2H6/c1-5-3-2-4-6-5;1-2-3(6)5-4(7)8-2;1-2/h2-4H,1H3;1H2,(H,5,6,7);1-2H3. The smallest absolute Gasteiger partial charge is 0.262 e. The van der Waals surface area contributed by atoms with Crippen molar-refractivity contribution in [1.82, 2.24) is 5.32 Å². The Morgan fingerprint density at radius 1 is 1.50 bits per heavy atom. The van der Waals surface area contributed by atoms with Crippen LogP contribution in [-0.4, -0.2) is 10.2 Å². The molecule has 3 nitrogen and oxygen atoms in total. The number of rotatable bonds is 0. The Hall–Kier alpha value is -1.07. The number of hydrogen-bond acceptors (Lipinski definition) is 4. The van der Waals surface area contributed by atoms with E-state index in [4.69, 9.17) is 4.42 Å². The third-order valence-electron chi connectivity index (χ3n) is 1.35. The number of carbonyl (C=O) groups excluding carboxylic acids is 1. The van der Waals surface area contributed by atoms with E-state index < -0.39 is 0 Å². The van der Waals surface area contributed by atoms with Gasteiger partial charge < -0.3 is 9.73 Å². The molecule has 0 atom stereocenters. The fraction of sp³-hybridized carbons (Fsp3) is 0.273. The number of thioether (sulfide) groups is 1. The summed E-state index contributed by atoms with van der Waals surface area (Å²) in [6.45, 7) is 9.37. The Morgan fingerprint density at radius 3 is 2.25 bits per heavy atom. The van der Waals surface area contributed by atoms with Crippen molar-refractivity contribution in [3.05, 3.63) is 35.6 Å². The number of amides is 1. The maximum Gasteiger partial charge on any atom is 0.262 e. The summed E-state index contributed by atoms with van der Waals surface area (Å²) in [7, 11) is 0. The second-order valence-corrected chi connectivity index (χ2v) is 4.26. The summed E-state index contributed by atoms with van der Waals surface area (Å²) >= 11 is 5.85. The van der Waals surface area contributed by atoms with Gasteiger partial charge in [0, 0.05) is 0 Å². The third kappa shape index (κ3) is 5.72. The molecule has 1 aromatic heterocycles. The van der Waals surface area contributed by atoms with E-state index in [0.29, 0.717) is 9.23 Å². The van der Waals surface area contributed by atoms with Crippen LogP contribution in [0.3, 0.4) is 0 Å². The zero-order chi connectivity index (χ0) is 12.6. The van der Waals surface area contributed by atoms with Crippen LogP contribution < -0.4 is 5.32 Å². The van der Waals surface area contributed by atoms with Gasteiger partial charge in [0.25, 0.3) is 5.91 Å². The lowest BCUT2D eigenvalue weighted by molar-refractivity contribution is -0.115. The first-order chi connectivity index (χ1) is 7.59. The van der Waals surface area contributed by atoms with E-state index in [1.54, 1.807) is 6.26 Å². The van der Waals surface area contributed by atoms with Gasteiger partial charge in [0.2, 0.25) is 0 Å². The van der Waals surface area contributed by atoms with E-state index in [-0.39, 0.29) is 5.91 Å². The zero-order valence-corrected chi connectivity index (χ0v) is 11.2. The molecule has 0 saturated carbocycles. The molecule has 88 valence electrons. The second-order valence-electron chi connectivity index (χ2n) is 2.49. The van der Waals surface area contributed by atoms with Gasteiger partial charge in [0.1, 0.15) is 10.1 Å². The third-order valence-corrected chi connectivity index (χ3v) is 2.42. The molecule has 0 bridgehead atoms. The lowest BCUT2D eigenvalue weighted by atomic mass is 10.5. The SMILES string of the molecule is C=C1SC(=S)NC1=O.CC.Cc1ccco1. The van der Waals surface area contributed by atoms with Crippen LogP contribution in [0.4, 0.5) is 0 Å². The maximum absolute atomic E-state index is 10.5. The molecule has 0 unspecified atom stereocenters. The molecule has 1 saturated heterocycles. The second kappa shape index (κ2) is 8.13. The Bertz CT molecular complexity index is 340. The van der Waals surface area contributed by atoms with Crippen LogP contribution in [0.1, 0.15) is 19.6 Å². The predicted octanol–water partition coefficient (Wildman–Crippen LogP) is 3.26. The number of hydrogen-bond donors (Lipinski definition) is 1. The van der Waals surface area contributed by atoms with Crippen LogP contribution in [0.25, 0.3) is 0 Å². The average Bonchev–Trinajstić information content (AvgIpc) is 2.82. The van der Waals surface area contributed by atoms with Crippen LogP contribution in [0.15, 0.2) is 34.3 Å². The Labute approximate surface area is 105 Å². The van der Waals surface area contributed by atoms with Crippen molar-refractivity contribution < 1.29 is 9.21 Å². The lowest BCUT2D eigenvalue weighted by Crippen LogP contribution is -2.17. The van der Waals surface area contributed by atoms with Crippen molar-refractivity contribution in [2.75, 3.05) is 0 Å². The molecular weight excluding hydrogens is 242 g/mol. The van der Waals surface area contributed by atoms with Gasteiger partial charge >= 0.3 is 0 Å². The summed E-state index contributed by atoms with van der Waals surface area (Å²) in [5.41, 5.74) is 0. The largest absolute Gasteiger partial charge is 0.470 e. The van der Waals surface area contributed by atoms with Gasteiger partial charge in [-0.15, -0.1) is 0 Å². The van der Waals surface area contributed by atoms with Crippen molar-refractivity contribution in [2.45, 2.75) is 20.8 Å². The zero-order valence-electron chi connectivity index (χ0n) is 9.57. The van der Waals surface area contributed by atoms with Gasteiger partial charge in [0.15, 0.2) is 0 Å². The van der Waals surface area contributed by atoms with Crippen molar-refractivity contribution in [3.8, 4) is 0 Å². The molecule has 0 spiro atoms. The van der Waals surface area contributed by atoms with Gasteiger partial charge in [0.05, 0.1) is 11.2 Å². The van der Waals surface area contributed by atoms with E-state index in [1.165, 1.54) is 11.8 Å². The van der Waals surface area contributed by atoms with Gasteiger partial charge in [-0.2, -0.15) is 0 Å². The highest BCUT2D eigenvalue weighted by atomic mass is 32.2. The van der Waals surface area contributed by atoms with E-state index in [2.05, 4.69) is 24.1 Å². The first kappa shape index (κ1) is 14.9. The molecule has 2 rings (SSSR count). The number of aryl methyl sites for hydroxylation is 1. The molecule has 1 aliphatic heterocycles. The minimum atomic E-state index is -0.167. The molecule has 1 aliphatic rings. The van der Waals surface area contributed by atoms with Crippen molar-refractivity contribution in [3.63, 3.8) is 0 Å². The average molecular weight is 257 g/mol. The van der Waals surface area contributed by atoms with Crippen molar-refractivity contribution >= 4 is 34.2 Å². The van der Waals surface area contributed by atoms with E-state index in [9.17, 15) is 4.79 Å².